The highest BCUT2D eigenvalue weighted by Crippen LogP contribution is 2.32. The largest absolute Gasteiger partial charge is 0.372 e. The summed E-state index contributed by atoms with van der Waals surface area (Å²) in [4.78, 5) is 4.28. The van der Waals surface area contributed by atoms with Crippen molar-refractivity contribution in [3.63, 3.8) is 0 Å². The lowest BCUT2D eigenvalue weighted by atomic mass is 10.3. The van der Waals surface area contributed by atoms with Gasteiger partial charge in [-0.15, -0.1) is 0 Å². The number of rotatable bonds is 3. The van der Waals surface area contributed by atoms with Gasteiger partial charge < -0.3 is 10.6 Å². The number of nitrogens with one attached hydrogen (secondary N) is 2. The summed E-state index contributed by atoms with van der Waals surface area (Å²) in [7, 11) is 1.74. The van der Waals surface area contributed by atoms with Gasteiger partial charge in [0.25, 0.3) is 0 Å². The van der Waals surface area contributed by atoms with Crippen LogP contribution in [0.25, 0.3) is 0 Å². The average Bonchev–Trinajstić information content (AvgIpc) is 2.35. The van der Waals surface area contributed by atoms with Crippen molar-refractivity contribution in [3.8, 4) is 0 Å². The second-order valence-corrected chi connectivity index (χ2v) is 4.73. The van der Waals surface area contributed by atoms with Crippen LogP contribution < -0.4 is 10.6 Å². The van der Waals surface area contributed by atoms with Crippen LogP contribution in [0.1, 0.15) is 0 Å². The molecule has 1 aromatic heterocycles. The predicted octanol–water partition coefficient (Wildman–Crippen LogP) is 4.83. The Bertz CT molecular complexity index is 572. The Morgan fingerprint density at radius 3 is 2.28 bits per heavy atom. The SMILES string of the molecule is CNc1nc(Nc2ccccc2Cl)c(Cl)cc1Cl. The Kier molecular flexibility index (Phi) is 4.17. The van der Waals surface area contributed by atoms with Crippen LogP contribution in [0.2, 0.25) is 15.1 Å². The number of para-hydroxylation sites is 1. The number of nitrogens with zero attached hydrogens (tertiary/aromatic N) is 1. The van der Waals surface area contributed by atoms with Gasteiger partial charge in [0, 0.05) is 7.05 Å². The molecule has 0 fully saturated rings. The van der Waals surface area contributed by atoms with Gasteiger partial charge in [0.15, 0.2) is 5.82 Å². The maximum Gasteiger partial charge on any atom is 0.151 e. The molecule has 0 amide bonds. The summed E-state index contributed by atoms with van der Waals surface area (Å²) < 4.78 is 0. The van der Waals surface area contributed by atoms with Crippen molar-refractivity contribution in [3.05, 3.63) is 45.4 Å². The third kappa shape index (κ3) is 2.80. The highest BCUT2D eigenvalue weighted by atomic mass is 35.5. The van der Waals surface area contributed by atoms with Crippen molar-refractivity contribution in [2.75, 3.05) is 17.7 Å². The molecular formula is C12H10Cl3N3. The van der Waals surface area contributed by atoms with E-state index in [2.05, 4.69) is 15.6 Å². The molecule has 0 radical (unpaired) electrons. The summed E-state index contributed by atoms with van der Waals surface area (Å²) in [5, 5.41) is 7.45. The van der Waals surface area contributed by atoms with Gasteiger partial charge in [-0.05, 0) is 18.2 Å². The van der Waals surface area contributed by atoms with E-state index in [0.29, 0.717) is 26.7 Å². The number of anilines is 3. The van der Waals surface area contributed by atoms with Crippen molar-refractivity contribution in [2.24, 2.45) is 0 Å². The molecule has 0 saturated heterocycles. The molecule has 18 heavy (non-hydrogen) atoms. The van der Waals surface area contributed by atoms with E-state index in [0.717, 1.165) is 5.69 Å². The molecule has 2 rings (SSSR count). The first kappa shape index (κ1) is 13.3. The number of hydrogen-bond donors (Lipinski definition) is 2. The fourth-order valence-corrected chi connectivity index (χ4v) is 2.10. The maximum atomic E-state index is 6.08. The third-order valence-electron chi connectivity index (χ3n) is 2.29. The molecule has 2 N–H and O–H groups in total. The topological polar surface area (TPSA) is 37.0 Å². The zero-order valence-electron chi connectivity index (χ0n) is 9.47. The van der Waals surface area contributed by atoms with E-state index in [4.69, 9.17) is 34.8 Å². The summed E-state index contributed by atoms with van der Waals surface area (Å²) in [5.74, 6) is 1.05. The summed E-state index contributed by atoms with van der Waals surface area (Å²) >= 11 is 18.1. The molecule has 94 valence electrons. The monoisotopic (exact) mass is 301 g/mol. The lowest BCUT2D eigenvalue weighted by Gasteiger charge is -2.11. The lowest BCUT2D eigenvalue weighted by Crippen LogP contribution is -2.00. The normalized spacial score (nSPS) is 10.2. The minimum atomic E-state index is 0.430. The van der Waals surface area contributed by atoms with Gasteiger partial charge in [-0.3, -0.25) is 0 Å². The van der Waals surface area contributed by atoms with Gasteiger partial charge in [0.05, 0.1) is 20.8 Å². The van der Waals surface area contributed by atoms with Gasteiger partial charge >= 0.3 is 0 Å². The summed E-state index contributed by atoms with van der Waals surface area (Å²) in [6, 6.07) is 8.97. The molecule has 0 unspecified atom stereocenters. The Hall–Kier alpha value is -1.16. The molecule has 0 atom stereocenters. The minimum absolute atomic E-state index is 0.430. The molecule has 0 aliphatic heterocycles. The van der Waals surface area contributed by atoms with Crippen molar-refractivity contribution in [1.82, 2.24) is 4.98 Å². The molecule has 0 aliphatic carbocycles. The van der Waals surface area contributed by atoms with Crippen molar-refractivity contribution in [2.45, 2.75) is 0 Å². The fraction of sp³-hybridized carbons (Fsp3) is 0.0833. The number of halogens is 3. The first-order chi connectivity index (χ1) is 8.61. The van der Waals surface area contributed by atoms with E-state index in [1.807, 2.05) is 18.2 Å². The van der Waals surface area contributed by atoms with Crippen molar-refractivity contribution >= 4 is 52.1 Å². The van der Waals surface area contributed by atoms with E-state index in [1.54, 1.807) is 19.2 Å². The second kappa shape index (κ2) is 5.65. The minimum Gasteiger partial charge on any atom is -0.372 e. The summed E-state index contributed by atoms with van der Waals surface area (Å²) in [5.41, 5.74) is 0.734. The zero-order chi connectivity index (χ0) is 13.1. The van der Waals surface area contributed by atoms with Crippen LogP contribution >= 0.6 is 34.8 Å². The first-order valence-electron chi connectivity index (χ1n) is 5.17. The molecule has 3 nitrogen and oxygen atoms in total. The van der Waals surface area contributed by atoms with Gasteiger partial charge in [-0.1, -0.05) is 46.9 Å². The van der Waals surface area contributed by atoms with E-state index < -0.39 is 0 Å². The molecule has 0 bridgehead atoms. The van der Waals surface area contributed by atoms with Crippen LogP contribution in [0.15, 0.2) is 30.3 Å². The van der Waals surface area contributed by atoms with Crippen molar-refractivity contribution < 1.29 is 0 Å². The molecule has 1 heterocycles. The highest BCUT2D eigenvalue weighted by molar-refractivity contribution is 6.37. The van der Waals surface area contributed by atoms with E-state index in [1.165, 1.54) is 0 Å². The Balaban J connectivity index is 2.38. The maximum absolute atomic E-state index is 6.08. The van der Waals surface area contributed by atoms with Gasteiger partial charge in [-0.25, -0.2) is 4.98 Å². The molecular weight excluding hydrogens is 293 g/mol. The Morgan fingerprint density at radius 1 is 0.944 bits per heavy atom. The molecule has 0 spiro atoms. The van der Waals surface area contributed by atoms with Crippen LogP contribution in [-0.2, 0) is 0 Å². The van der Waals surface area contributed by atoms with Crippen LogP contribution in [0.3, 0.4) is 0 Å². The smallest absolute Gasteiger partial charge is 0.151 e. The van der Waals surface area contributed by atoms with Crippen molar-refractivity contribution in [1.29, 1.82) is 0 Å². The van der Waals surface area contributed by atoms with Crippen LogP contribution in [0.4, 0.5) is 17.3 Å². The molecule has 0 aliphatic rings. The Labute approximate surface area is 120 Å². The standard InChI is InChI=1S/C12H10Cl3N3/c1-16-11-8(14)6-9(15)12(18-11)17-10-5-3-2-4-7(10)13/h2-6H,1H3,(H2,16,17,18). The number of benzene rings is 1. The molecule has 6 heteroatoms. The lowest BCUT2D eigenvalue weighted by molar-refractivity contribution is 1.28. The molecule has 1 aromatic carbocycles. The van der Waals surface area contributed by atoms with Gasteiger partial charge in [0.2, 0.25) is 0 Å². The average molecular weight is 303 g/mol. The highest BCUT2D eigenvalue weighted by Gasteiger charge is 2.09. The number of pyridine rings is 1. The van der Waals surface area contributed by atoms with E-state index in [9.17, 15) is 0 Å². The van der Waals surface area contributed by atoms with E-state index in [-0.39, 0.29) is 0 Å². The van der Waals surface area contributed by atoms with Crippen LogP contribution in [0.5, 0.6) is 0 Å². The third-order valence-corrected chi connectivity index (χ3v) is 3.20. The number of hydrogen-bond acceptors (Lipinski definition) is 3. The molecule has 2 aromatic rings. The summed E-state index contributed by atoms with van der Waals surface area (Å²) in [6.45, 7) is 0. The second-order valence-electron chi connectivity index (χ2n) is 3.50. The van der Waals surface area contributed by atoms with Crippen LogP contribution in [-0.4, -0.2) is 12.0 Å². The quantitative estimate of drug-likeness (QED) is 0.853. The van der Waals surface area contributed by atoms with Crippen LogP contribution in [0, 0.1) is 0 Å². The van der Waals surface area contributed by atoms with Gasteiger partial charge in [-0.2, -0.15) is 0 Å². The Morgan fingerprint density at radius 2 is 1.61 bits per heavy atom. The van der Waals surface area contributed by atoms with Gasteiger partial charge in [0.1, 0.15) is 5.82 Å². The summed E-state index contributed by atoms with van der Waals surface area (Å²) in [6.07, 6.45) is 0. The molecule has 0 saturated carbocycles. The fourth-order valence-electron chi connectivity index (χ4n) is 1.42. The first-order valence-corrected chi connectivity index (χ1v) is 6.30. The van der Waals surface area contributed by atoms with E-state index >= 15 is 0 Å². The zero-order valence-corrected chi connectivity index (χ0v) is 11.7. The predicted molar refractivity (Wildman–Crippen MR) is 78.5 cm³/mol. The number of aromatic nitrogens is 1.